The third-order valence-electron chi connectivity index (χ3n) is 5.33. The Hall–Kier alpha value is -0.980. The fourth-order valence-corrected chi connectivity index (χ4v) is 3.96. The molecule has 3 rings (SSSR count). The summed E-state index contributed by atoms with van der Waals surface area (Å²) in [4.78, 5) is 8.88. The first-order valence-corrected chi connectivity index (χ1v) is 9.14. The number of aliphatic hydroxyl groups is 1. The molecule has 1 aromatic rings. The van der Waals surface area contributed by atoms with E-state index in [1.54, 1.807) is 12.7 Å². The fourth-order valence-electron chi connectivity index (χ4n) is 3.96. The van der Waals surface area contributed by atoms with E-state index in [4.69, 9.17) is 0 Å². The third-order valence-corrected chi connectivity index (χ3v) is 5.33. The maximum Gasteiger partial charge on any atom is 0.137 e. The molecule has 0 saturated carbocycles. The highest BCUT2D eigenvalue weighted by Crippen LogP contribution is 2.19. The molecule has 6 heteroatoms. The second kappa shape index (κ2) is 8.22. The number of piperidine rings is 2. The van der Waals surface area contributed by atoms with Crippen LogP contribution >= 0.6 is 0 Å². The molecule has 1 N–H and O–H groups in total. The minimum absolute atomic E-state index is 0.228. The molecule has 3 heterocycles. The minimum Gasteiger partial charge on any atom is -0.390 e. The van der Waals surface area contributed by atoms with E-state index in [-0.39, 0.29) is 6.10 Å². The summed E-state index contributed by atoms with van der Waals surface area (Å²) >= 11 is 0. The van der Waals surface area contributed by atoms with E-state index in [0.717, 1.165) is 51.7 Å². The quantitative estimate of drug-likeness (QED) is 0.850. The summed E-state index contributed by atoms with van der Waals surface area (Å²) in [6.45, 7) is 9.38. The Kier molecular flexibility index (Phi) is 6.02. The lowest BCUT2D eigenvalue weighted by Gasteiger charge is -2.36. The molecule has 23 heavy (non-hydrogen) atoms. The minimum atomic E-state index is -0.228. The van der Waals surface area contributed by atoms with Gasteiger partial charge in [0.1, 0.15) is 12.7 Å². The molecule has 0 bridgehead atoms. The van der Waals surface area contributed by atoms with Crippen molar-refractivity contribution < 1.29 is 5.11 Å². The highest BCUT2D eigenvalue weighted by molar-refractivity contribution is 4.78. The van der Waals surface area contributed by atoms with Crippen LogP contribution in [-0.2, 0) is 6.54 Å². The number of hydrogen-bond donors (Lipinski definition) is 1. The van der Waals surface area contributed by atoms with E-state index >= 15 is 0 Å². The third kappa shape index (κ3) is 5.26. The van der Waals surface area contributed by atoms with Crippen LogP contribution in [0, 0.1) is 11.8 Å². The lowest BCUT2D eigenvalue weighted by atomic mass is 9.97. The van der Waals surface area contributed by atoms with Crippen LogP contribution in [0.4, 0.5) is 0 Å². The molecule has 2 saturated heterocycles. The van der Waals surface area contributed by atoms with Crippen molar-refractivity contribution in [1.29, 1.82) is 0 Å². The first-order valence-electron chi connectivity index (χ1n) is 9.14. The SMILES string of the molecule is CC1CCN(C[C@H](O)CN2CCC[C@@H](Cn3cncn3)C2)CC1. The Morgan fingerprint density at radius 2 is 1.91 bits per heavy atom. The summed E-state index contributed by atoms with van der Waals surface area (Å²) in [6, 6.07) is 0. The number of likely N-dealkylation sites (tertiary alicyclic amines) is 2. The van der Waals surface area contributed by atoms with Crippen LogP contribution in [0.1, 0.15) is 32.6 Å². The average molecular weight is 321 g/mol. The van der Waals surface area contributed by atoms with Crippen molar-refractivity contribution >= 4 is 0 Å². The first kappa shape index (κ1) is 16.9. The predicted octanol–water partition coefficient (Wildman–Crippen LogP) is 1.08. The Labute approximate surface area is 139 Å². The highest BCUT2D eigenvalue weighted by atomic mass is 16.3. The standard InChI is InChI=1S/C17H31N5O/c1-15-4-7-20(8-5-15)11-17(23)12-21-6-2-3-16(9-21)10-22-14-18-13-19-22/h13-17,23H,2-12H2,1H3/t16-,17+/m1/s1. The second-order valence-electron chi connectivity index (χ2n) is 7.52. The fraction of sp³-hybridized carbons (Fsp3) is 0.882. The zero-order valence-electron chi connectivity index (χ0n) is 14.3. The van der Waals surface area contributed by atoms with Gasteiger partial charge in [-0.05, 0) is 57.2 Å². The van der Waals surface area contributed by atoms with Gasteiger partial charge in [0.15, 0.2) is 0 Å². The summed E-state index contributed by atoms with van der Waals surface area (Å²) < 4.78 is 1.93. The smallest absolute Gasteiger partial charge is 0.137 e. The molecule has 2 aliphatic heterocycles. The lowest BCUT2D eigenvalue weighted by Crippen LogP contribution is -2.46. The molecule has 0 radical (unpaired) electrons. The van der Waals surface area contributed by atoms with Crippen molar-refractivity contribution in [3.05, 3.63) is 12.7 Å². The van der Waals surface area contributed by atoms with E-state index in [9.17, 15) is 5.11 Å². The largest absolute Gasteiger partial charge is 0.390 e. The number of hydrogen-bond acceptors (Lipinski definition) is 5. The van der Waals surface area contributed by atoms with E-state index in [2.05, 4.69) is 26.8 Å². The van der Waals surface area contributed by atoms with Gasteiger partial charge in [-0.2, -0.15) is 5.10 Å². The number of β-amino-alcohol motifs (C(OH)–C–C–N with tert-alkyl or cyclic N) is 1. The summed E-state index contributed by atoms with van der Waals surface area (Å²) in [5, 5.41) is 14.7. The van der Waals surface area contributed by atoms with Gasteiger partial charge in [-0.15, -0.1) is 0 Å². The summed E-state index contributed by atoms with van der Waals surface area (Å²) in [5.74, 6) is 1.47. The normalized spacial score (nSPS) is 26.4. The number of nitrogens with zero attached hydrogens (tertiary/aromatic N) is 5. The van der Waals surface area contributed by atoms with Crippen LogP contribution in [0.2, 0.25) is 0 Å². The van der Waals surface area contributed by atoms with Gasteiger partial charge in [0.25, 0.3) is 0 Å². The average Bonchev–Trinajstić information content (AvgIpc) is 3.03. The second-order valence-corrected chi connectivity index (χ2v) is 7.52. The van der Waals surface area contributed by atoms with Crippen molar-refractivity contribution in [2.75, 3.05) is 39.3 Å². The van der Waals surface area contributed by atoms with Gasteiger partial charge >= 0.3 is 0 Å². The van der Waals surface area contributed by atoms with Crippen LogP contribution in [0.3, 0.4) is 0 Å². The van der Waals surface area contributed by atoms with E-state index in [1.807, 2.05) is 4.68 Å². The highest BCUT2D eigenvalue weighted by Gasteiger charge is 2.24. The zero-order chi connectivity index (χ0) is 16.1. The van der Waals surface area contributed by atoms with Gasteiger partial charge in [0, 0.05) is 26.2 Å². The van der Waals surface area contributed by atoms with Gasteiger partial charge in [0.05, 0.1) is 6.10 Å². The summed E-state index contributed by atoms with van der Waals surface area (Å²) in [5.41, 5.74) is 0. The Morgan fingerprint density at radius 3 is 2.65 bits per heavy atom. The molecule has 0 unspecified atom stereocenters. The van der Waals surface area contributed by atoms with Crippen molar-refractivity contribution in [3.8, 4) is 0 Å². The summed E-state index contributed by atoms with van der Waals surface area (Å²) in [7, 11) is 0. The molecule has 2 atom stereocenters. The summed E-state index contributed by atoms with van der Waals surface area (Å²) in [6.07, 6.45) is 8.18. The number of rotatable bonds is 6. The molecular weight excluding hydrogens is 290 g/mol. The van der Waals surface area contributed by atoms with E-state index in [1.165, 1.54) is 25.7 Å². The van der Waals surface area contributed by atoms with E-state index < -0.39 is 0 Å². The topological polar surface area (TPSA) is 57.4 Å². The molecule has 2 aliphatic rings. The van der Waals surface area contributed by atoms with Crippen LogP contribution < -0.4 is 0 Å². The van der Waals surface area contributed by atoms with Gasteiger partial charge < -0.3 is 14.9 Å². The number of aliphatic hydroxyl groups excluding tert-OH is 1. The predicted molar refractivity (Wildman–Crippen MR) is 90.0 cm³/mol. The Balaban J connectivity index is 1.40. The van der Waals surface area contributed by atoms with Crippen molar-refractivity contribution in [3.63, 3.8) is 0 Å². The van der Waals surface area contributed by atoms with Crippen molar-refractivity contribution in [2.45, 2.75) is 45.3 Å². The van der Waals surface area contributed by atoms with Crippen molar-refractivity contribution in [2.24, 2.45) is 11.8 Å². The zero-order valence-corrected chi connectivity index (χ0v) is 14.3. The van der Waals surface area contributed by atoms with Gasteiger partial charge in [-0.1, -0.05) is 6.92 Å². The van der Waals surface area contributed by atoms with Crippen molar-refractivity contribution in [1.82, 2.24) is 24.6 Å². The maximum absolute atomic E-state index is 10.5. The molecule has 130 valence electrons. The molecule has 1 aromatic heterocycles. The van der Waals surface area contributed by atoms with E-state index in [0.29, 0.717) is 5.92 Å². The maximum atomic E-state index is 10.5. The Bertz CT molecular complexity index is 444. The van der Waals surface area contributed by atoms with Gasteiger partial charge in [-0.25, -0.2) is 4.98 Å². The molecule has 6 nitrogen and oxygen atoms in total. The lowest BCUT2D eigenvalue weighted by molar-refractivity contribution is 0.0456. The molecule has 2 fully saturated rings. The van der Waals surface area contributed by atoms with Crippen LogP contribution in [0.15, 0.2) is 12.7 Å². The van der Waals surface area contributed by atoms with Gasteiger partial charge in [0.2, 0.25) is 0 Å². The molecule has 0 amide bonds. The molecular formula is C17H31N5O. The van der Waals surface area contributed by atoms with Gasteiger partial charge in [-0.3, -0.25) is 4.68 Å². The monoisotopic (exact) mass is 321 g/mol. The number of aromatic nitrogens is 3. The first-order chi connectivity index (χ1) is 11.2. The Morgan fingerprint density at radius 1 is 1.13 bits per heavy atom. The van der Waals surface area contributed by atoms with Crippen LogP contribution in [0.25, 0.3) is 0 Å². The molecule has 0 spiro atoms. The van der Waals surface area contributed by atoms with Crippen LogP contribution in [-0.4, -0.2) is 75.0 Å². The molecule has 0 aromatic carbocycles. The molecule has 0 aliphatic carbocycles. The van der Waals surface area contributed by atoms with Crippen LogP contribution in [0.5, 0.6) is 0 Å².